The van der Waals surface area contributed by atoms with E-state index in [0.29, 0.717) is 17.5 Å². The van der Waals surface area contributed by atoms with E-state index in [1.165, 1.54) is 0 Å². The molecule has 3 aromatic rings. The Morgan fingerprint density at radius 1 is 1.20 bits per heavy atom. The molecule has 0 saturated carbocycles. The van der Waals surface area contributed by atoms with Gasteiger partial charge in [-0.1, -0.05) is 5.16 Å². The Hall–Kier alpha value is -2.61. The Labute approximate surface area is 114 Å². The maximum Gasteiger partial charge on any atom is 0.248 e. The molecule has 3 aromatic heterocycles. The quantitative estimate of drug-likeness (QED) is 0.743. The van der Waals surface area contributed by atoms with Crippen LogP contribution >= 0.6 is 0 Å². The smallest absolute Gasteiger partial charge is 0.248 e. The second-order valence-electron chi connectivity index (χ2n) is 4.47. The summed E-state index contributed by atoms with van der Waals surface area (Å²) < 4.78 is 6.83. The predicted octanol–water partition coefficient (Wildman–Crippen LogP) is 0.617. The average molecular weight is 271 g/mol. The van der Waals surface area contributed by atoms with E-state index in [4.69, 9.17) is 10.3 Å². The van der Waals surface area contributed by atoms with Crippen LogP contribution in [0, 0.1) is 6.92 Å². The van der Waals surface area contributed by atoms with Crippen molar-refractivity contribution in [1.29, 1.82) is 0 Å². The van der Waals surface area contributed by atoms with Gasteiger partial charge >= 0.3 is 0 Å². The second kappa shape index (κ2) is 4.82. The van der Waals surface area contributed by atoms with Gasteiger partial charge in [0, 0.05) is 31.2 Å². The number of nitrogens with two attached hydrogens (primary N) is 1. The highest BCUT2D eigenvalue weighted by Gasteiger charge is 2.19. The summed E-state index contributed by atoms with van der Waals surface area (Å²) in [5.74, 6) is 1.03. The Bertz CT molecular complexity index is 715. The van der Waals surface area contributed by atoms with Crippen molar-refractivity contribution in [2.24, 2.45) is 12.8 Å². The Kier molecular flexibility index (Phi) is 2.99. The lowest BCUT2D eigenvalue weighted by atomic mass is 10.2. The van der Waals surface area contributed by atoms with Crippen LogP contribution in [0.1, 0.15) is 23.1 Å². The molecular formula is C12H13N7O. The normalized spacial score (nSPS) is 12.6. The molecule has 0 fully saturated rings. The molecule has 3 rings (SSSR count). The van der Waals surface area contributed by atoms with Crippen molar-refractivity contribution in [1.82, 2.24) is 29.9 Å². The predicted molar refractivity (Wildman–Crippen MR) is 69.3 cm³/mol. The molecule has 0 aliphatic carbocycles. The topological polar surface area (TPSA) is 109 Å². The lowest BCUT2D eigenvalue weighted by Gasteiger charge is -2.01. The van der Waals surface area contributed by atoms with Crippen LogP contribution in [-0.4, -0.2) is 29.9 Å². The minimum atomic E-state index is -0.518. The maximum absolute atomic E-state index is 6.05. The summed E-state index contributed by atoms with van der Waals surface area (Å²) in [6.07, 6.45) is 6.85. The van der Waals surface area contributed by atoms with Gasteiger partial charge in [-0.25, -0.2) is 9.97 Å². The molecule has 0 aliphatic heterocycles. The van der Waals surface area contributed by atoms with Gasteiger partial charge in [-0.2, -0.15) is 10.1 Å². The average Bonchev–Trinajstić information content (AvgIpc) is 3.08. The van der Waals surface area contributed by atoms with Crippen molar-refractivity contribution in [2.75, 3.05) is 0 Å². The molecule has 1 atom stereocenters. The van der Waals surface area contributed by atoms with E-state index in [9.17, 15) is 0 Å². The number of aryl methyl sites for hydroxylation is 2. The van der Waals surface area contributed by atoms with Crippen molar-refractivity contribution in [2.45, 2.75) is 13.0 Å². The minimum Gasteiger partial charge on any atom is -0.337 e. The van der Waals surface area contributed by atoms with Crippen LogP contribution in [0.2, 0.25) is 0 Å². The number of hydrogen-bond donors (Lipinski definition) is 1. The first-order valence-corrected chi connectivity index (χ1v) is 6.00. The lowest BCUT2D eigenvalue weighted by Crippen LogP contribution is -2.11. The SMILES string of the molecule is Cc1cnc(-c2noc(C(N)c3cnn(C)c3)n2)nc1. The molecular weight excluding hydrogens is 258 g/mol. The summed E-state index contributed by atoms with van der Waals surface area (Å²) in [5, 5.41) is 7.91. The third-order valence-corrected chi connectivity index (χ3v) is 2.77. The molecule has 2 N–H and O–H groups in total. The van der Waals surface area contributed by atoms with Gasteiger partial charge in [-0.05, 0) is 12.5 Å². The lowest BCUT2D eigenvalue weighted by molar-refractivity contribution is 0.367. The van der Waals surface area contributed by atoms with Gasteiger partial charge in [0.1, 0.15) is 6.04 Å². The van der Waals surface area contributed by atoms with Gasteiger partial charge in [0.2, 0.25) is 17.5 Å². The van der Waals surface area contributed by atoms with Crippen molar-refractivity contribution >= 4 is 0 Å². The molecule has 1 unspecified atom stereocenters. The molecule has 0 radical (unpaired) electrons. The van der Waals surface area contributed by atoms with Crippen LogP contribution < -0.4 is 5.73 Å². The molecule has 0 spiro atoms. The molecule has 0 aliphatic rings. The molecule has 8 nitrogen and oxygen atoms in total. The van der Waals surface area contributed by atoms with Gasteiger partial charge in [0.05, 0.1) is 6.20 Å². The number of nitrogens with zero attached hydrogens (tertiary/aromatic N) is 6. The highest BCUT2D eigenvalue weighted by atomic mass is 16.5. The first-order chi connectivity index (χ1) is 9.63. The van der Waals surface area contributed by atoms with Gasteiger partial charge < -0.3 is 10.3 Å². The fourth-order valence-electron chi connectivity index (χ4n) is 1.70. The molecule has 20 heavy (non-hydrogen) atoms. The molecule has 102 valence electrons. The molecule has 0 bridgehead atoms. The van der Waals surface area contributed by atoms with Crippen LogP contribution in [0.15, 0.2) is 29.3 Å². The van der Waals surface area contributed by atoms with E-state index >= 15 is 0 Å². The summed E-state index contributed by atoms with van der Waals surface area (Å²) in [6.45, 7) is 1.91. The molecule has 3 heterocycles. The van der Waals surface area contributed by atoms with E-state index in [0.717, 1.165) is 11.1 Å². The van der Waals surface area contributed by atoms with Crippen LogP contribution in [0.5, 0.6) is 0 Å². The van der Waals surface area contributed by atoms with Gasteiger partial charge in [0.25, 0.3) is 0 Å². The van der Waals surface area contributed by atoms with E-state index in [1.807, 2.05) is 14.0 Å². The first kappa shape index (κ1) is 12.4. The van der Waals surface area contributed by atoms with Crippen LogP contribution in [0.4, 0.5) is 0 Å². The fraction of sp³-hybridized carbons (Fsp3) is 0.250. The summed E-state index contributed by atoms with van der Waals surface area (Å²) >= 11 is 0. The summed E-state index contributed by atoms with van der Waals surface area (Å²) in [6, 6.07) is -0.518. The number of hydrogen-bond acceptors (Lipinski definition) is 7. The Morgan fingerprint density at radius 3 is 2.60 bits per heavy atom. The third kappa shape index (κ3) is 2.28. The largest absolute Gasteiger partial charge is 0.337 e. The summed E-state index contributed by atoms with van der Waals surface area (Å²) in [4.78, 5) is 12.5. The molecule has 0 aromatic carbocycles. The highest BCUT2D eigenvalue weighted by Crippen LogP contribution is 2.19. The maximum atomic E-state index is 6.05. The highest BCUT2D eigenvalue weighted by molar-refractivity contribution is 5.41. The van der Waals surface area contributed by atoms with E-state index in [-0.39, 0.29) is 0 Å². The van der Waals surface area contributed by atoms with E-state index < -0.39 is 6.04 Å². The molecule has 0 amide bonds. The third-order valence-electron chi connectivity index (χ3n) is 2.77. The fourth-order valence-corrected chi connectivity index (χ4v) is 1.70. The molecule has 8 heteroatoms. The zero-order valence-corrected chi connectivity index (χ0v) is 11.1. The van der Waals surface area contributed by atoms with Gasteiger partial charge in [-0.15, -0.1) is 0 Å². The standard InChI is InChI=1S/C12H13N7O/c1-7-3-14-10(15-4-7)11-17-12(20-18-11)9(13)8-5-16-19(2)6-8/h3-6,9H,13H2,1-2H3. The van der Waals surface area contributed by atoms with Crippen molar-refractivity contribution in [3.05, 3.63) is 41.8 Å². The van der Waals surface area contributed by atoms with Crippen LogP contribution in [-0.2, 0) is 7.05 Å². The van der Waals surface area contributed by atoms with Gasteiger partial charge in [0.15, 0.2) is 0 Å². The van der Waals surface area contributed by atoms with Crippen molar-refractivity contribution in [3.63, 3.8) is 0 Å². The second-order valence-corrected chi connectivity index (χ2v) is 4.47. The monoisotopic (exact) mass is 271 g/mol. The minimum absolute atomic E-state index is 0.303. The number of aromatic nitrogens is 6. The molecule has 0 saturated heterocycles. The number of rotatable bonds is 3. The summed E-state index contributed by atoms with van der Waals surface area (Å²) in [5.41, 5.74) is 7.82. The van der Waals surface area contributed by atoms with E-state index in [2.05, 4.69) is 25.2 Å². The van der Waals surface area contributed by atoms with Crippen molar-refractivity contribution in [3.8, 4) is 11.6 Å². The van der Waals surface area contributed by atoms with Crippen molar-refractivity contribution < 1.29 is 4.52 Å². The summed E-state index contributed by atoms with van der Waals surface area (Å²) in [7, 11) is 1.82. The zero-order valence-electron chi connectivity index (χ0n) is 11.1. The van der Waals surface area contributed by atoms with E-state index in [1.54, 1.807) is 29.5 Å². The first-order valence-electron chi connectivity index (χ1n) is 6.00. The zero-order chi connectivity index (χ0) is 14.1. The Morgan fingerprint density at radius 2 is 1.95 bits per heavy atom. The van der Waals surface area contributed by atoms with Gasteiger partial charge in [-0.3, -0.25) is 4.68 Å². The van der Waals surface area contributed by atoms with Crippen LogP contribution in [0.25, 0.3) is 11.6 Å². The Balaban J connectivity index is 1.88. The van der Waals surface area contributed by atoms with Crippen LogP contribution in [0.3, 0.4) is 0 Å².